The summed E-state index contributed by atoms with van der Waals surface area (Å²) in [4.78, 5) is 0. The van der Waals surface area contributed by atoms with Crippen LogP contribution in [0.25, 0.3) is 0 Å². The lowest BCUT2D eigenvalue weighted by Gasteiger charge is -2.11. The molecule has 0 unspecified atom stereocenters. The van der Waals surface area contributed by atoms with Gasteiger partial charge in [-0.1, -0.05) is 35.8 Å². The van der Waals surface area contributed by atoms with Crippen molar-refractivity contribution < 1.29 is 4.74 Å². The molecule has 0 heterocycles. The van der Waals surface area contributed by atoms with Crippen LogP contribution in [0, 0.1) is 0 Å². The van der Waals surface area contributed by atoms with E-state index in [2.05, 4.69) is 35.8 Å². The van der Waals surface area contributed by atoms with Gasteiger partial charge in [0.25, 0.3) is 0 Å². The van der Waals surface area contributed by atoms with Crippen molar-refractivity contribution in [1.82, 2.24) is 0 Å². The van der Waals surface area contributed by atoms with Crippen molar-refractivity contribution in [1.29, 1.82) is 0 Å². The third-order valence-electron chi connectivity index (χ3n) is 1.82. The maximum atomic E-state index is 5.26. The van der Waals surface area contributed by atoms with Gasteiger partial charge >= 0.3 is 0 Å². The van der Waals surface area contributed by atoms with Gasteiger partial charge in [-0.3, -0.25) is 0 Å². The predicted molar refractivity (Wildman–Crippen MR) is 54.8 cm³/mol. The molecule has 66 valence electrons. The van der Waals surface area contributed by atoms with Crippen LogP contribution >= 0.6 is 15.9 Å². The molecule has 0 aliphatic heterocycles. The van der Waals surface area contributed by atoms with Crippen molar-refractivity contribution in [3.63, 3.8) is 0 Å². The summed E-state index contributed by atoms with van der Waals surface area (Å²) in [6.45, 7) is 4.32. The molecule has 1 aromatic rings. The fraction of sp³-hybridized carbons (Fsp3) is 0.400. The van der Waals surface area contributed by atoms with E-state index in [1.54, 1.807) is 7.11 Å². The molecule has 0 N–H and O–H groups in total. The topological polar surface area (TPSA) is 9.23 Å². The number of ether oxygens (including phenoxy) is 1. The van der Waals surface area contributed by atoms with Crippen LogP contribution in [0.5, 0.6) is 5.75 Å². The SMILES string of the molecule is COc1cc(Br)ccc1C(C)C. The van der Waals surface area contributed by atoms with Crippen LogP contribution in [0.1, 0.15) is 25.3 Å². The van der Waals surface area contributed by atoms with Crippen molar-refractivity contribution in [2.45, 2.75) is 19.8 Å². The molecule has 0 bridgehead atoms. The lowest BCUT2D eigenvalue weighted by atomic mass is 10.0. The Balaban J connectivity index is 3.11. The molecule has 0 amide bonds. The van der Waals surface area contributed by atoms with Crippen molar-refractivity contribution in [3.8, 4) is 5.75 Å². The minimum Gasteiger partial charge on any atom is -0.496 e. The minimum atomic E-state index is 0.507. The standard InChI is InChI=1S/C10H13BrO/c1-7(2)9-5-4-8(11)6-10(9)12-3/h4-7H,1-3H3. The monoisotopic (exact) mass is 228 g/mol. The van der Waals surface area contributed by atoms with E-state index in [4.69, 9.17) is 4.74 Å². The van der Waals surface area contributed by atoms with E-state index in [0.717, 1.165) is 10.2 Å². The zero-order valence-corrected chi connectivity index (χ0v) is 9.18. The summed E-state index contributed by atoms with van der Waals surface area (Å²) >= 11 is 3.41. The van der Waals surface area contributed by atoms with Gasteiger partial charge in [-0.2, -0.15) is 0 Å². The van der Waals surface area contributed by atoms with Gasteiger partial charge in [0.05, 0.1) is 7.11 Å². The average molecular weight is 229 g/mol. The smallest absolute Gasteiger partial charge is 0.123 e. The zero-order chi connectivity index (χ0) is 9.14. The van der Waals surface area contributed by atoms with E-state index in [0.29, 0.717) is 5.92 Å². The molecule has 1 aromatic carbocycles. The van der Waals surface area contributed by atoms with Crippen LogP contribution in [-0.4, -0.2) is 7.11 Å². The van der Waals surface area contributed by atoms with Crippen molar-refractivity contribution in [2.24, 2.45) is 0 Å². The molecule has 1 rings (SSSR count). The van der Waals surface area contributed by atoms with Gasteiger partial charge in [-0.25, -0.2) is 0 Å². The van der Waals surface area contributed by atoms with Crippen LogP contribution in [-0.2, 0) is 0 Å². The lowest BCUT2D eigenvalue weighted by molar-refractivity contribution is 0.407. The normalized spacial score (nSPS) is 10.4. The summed E-state index contributed by atoms with van der Waals surface area (Å²) in [5.41, 5.74) is 1.25. The highest BCUT2D eigenvalue weighted by molar-refractivity contribution is 9.10. The summed E-state index contributed by atoms with van der Waals surface area (Å²) < 4.78 is 6.32. The maximum absolute atomic E-state index is 5.26. The molecule has 0 aliphatic carbocycles. The Morgan fingerprint density at radius 2 is 2.00 bits per heavy atom. The summed E-state index contributed by atoms with van der Waals surface area (Å²) in [7, 11) is 1.70. The number of methoxy groups -OCH3 is 1. The van der Waals surface area contributed by atoms with Crippen LogP contribution in [0.3, 0.4) is 0 Å². The van der Waals surface area contributed by atoms with E-state index in [1.165, 1.54) is 5.56 Å². The Morgan fingerprint density at radius 3 is 2.50 bits per heavy atom. The largest absolute Gasteiger partial charge is 0.496 e. The van der Waals surface area contributed by atoms with Gasteiger partial charge in [-0.15, -0.1) is 0 Å². The van der Waals surface area contributed by atoms with E-state index in [-0.39, 0.29) is 0 Å². The molecule has 1 nitrogen and oxygen atoms in total. The van der Waals surface area contributed by atoms with Crippen LogP contribution < -0.4 is 4.74 Å². The Kier molecular flexibility index (Phi) is 3.15. The molecule has 0 aromatic heterocycles. The second-order valence-electron chi connectivity index (χ2n) is 3.04. The second kappa shape index (κ2) is 3.94. The Morgan fingerprint density at radius 1 is 1.33 bits per heavy atom. The second-order valence-corrected chi connectivity index (χ2v) is 3.96. The van der Waals surface area contributed by atoms with E-state index < -0.39 is 0 Å². The van der Waals surface area contributed by atoms with Crippen molar-refractivity contribution in [3.05, 3.63) is 28.2 Å². The molecule has 0 atom stereocenters. The quantitative estimate of drug-likeness (QED) is 0.753. The Labute approximate surface area is 81.9 Å². The molecule has 0 saturated heterocycles. The molecule has 0 spiro atoms. The summed E-state index contributed by atoms with van der Waals surface area (Å²) in [6.07, 6.45) is 0. The number of hydrogen-bond donors (Lipinski definition) is 0. The molecule has 12 heavy (non-hydrogen) atoms. The summed E-state index contributed by atoms with van der Waals surface area (Å²) in [5.74, 6) is 1.47. The van der Waals surface area contributed by atoms with Gasteiger partial charge in [-0.05, 0) is 23.6 Å². The maximum Gasteiger partial charge on any atom is 0.123 e. The van der Waals surface area contributed by atoms with E-state index in [9.17, 15) is 0 Å². The highest BCUT2D eigenvalue weighted by Gasteiger charge is 2.06. The molecule has 2 heteroatoms. The highest BCUT2D eigenvalue weighted by atomic mass is 79.9. The third kappa shape index (κ3) is 2.01. The van der Waals surface area contributed by atoms with Crippen LogP contribution in [0.2, 0.25) is 0 Å². The number of hydrogen-bond acceptors (Lipinski definition) is 1. The molecular weight excluding hydrogens is 216 g/mol. The first kappa shape index (κ1) is 9.59. The number of rotatable bonds is 2. The van der Waals surface area contributed by atoms with E-state index in [1.807, 2.05) is 12.1 Å². The average Bonchev–Trinajstić information content (AvgIpc) is 2.03. The number of halogens is 1. The Hall–Kier alpha value is -0.500. The fourth-order valence-corrected chi connectivity index (χ4v) is 1.50. The molecule has 0 saturated carbocycles. The Bertz CT molecular complexity index is 269. The minimum absolute atomic E-state index is 0.507. The van der Waals surface area contributed by atoms with Crippen molar-refractivity contribution >= 4 is 15.9 Å². The molecule has 0 radical (unpaired) electrons. The summed E-state index contributed by atoms with van der Waals surface area (Å²) in [6, 6.07) is 6.13. The van der Waals surface area contributed by atoms with Gasteiger partial charge in [0.1, 0.15) is 5.75 Å². The first-order chi connectivity index (χ1) is 5.65. The fourth-order valence-electron chi connectivity index (χ4n) is 1.16. The van der Waals surface area contributed by atoms with Crippen molar-refractivity contribution in [2.75, 3.05) is 7.11 Å². The summed E-state index contributed by atoms with van der Waals surface area (Å²) in [5, 5.41) is 0. The van der Waals surface area contributed by atoms with Crippen LogP contribution in [0.15, 0.2) is 22.7 Å². The van der Waals surface area contributed by atoms with Crippen LogP contribution in [0.4, 0.5) is 0 Å². The first-order valence-electron chi connectivity index (χ1n) is 3.98. The van der Waals surface area contributed by atoms with E-state index >= 15 is 0 Å². The number of benzene rings is 1. The first-order valence-corrected chi connectivity index (χ1v) is 4.78. The van der Waals surface area contributed by atoms with Gasteiger partial charge in [0.15, 0.2) is 0 Å². The van der Waals surface area contributed by atoms with Gasteiger partial charge in [0.2, 0.25) is 0 Å². The molecule has 0 aliphatic rings. The lowest BCUT2D eigenvalue weighted by Crippen LogP contribution is -1.93. The van der Waals surface area contributed by atoms with Gasteiger partial charge in [0, 0.05) is 4.47 Å². The zero-order valence-electron chi connectivity index (χ0n) is 7.60. The molecule has 0 fully saturated rings. The predicted octanol–water partition coefficient (Wildman–Crippen LogP) is 3.58. The third-order valence-corrected chi connectivity index (χ3v) is 2.31. The highest BCUT2D eigenvalue weighted by Crippen LogP contribution is 2.28. The molecular formula is C10H13BrO. The van der Waals surface area contributed by atoms with Gasteiger partial charge < -0.3 is 4.74 Å².